The van der Waals surface area contributed by atoms with E-state index in [1.54, 1.807) is 24.3 Å². The van der Waals surface area contributed by atoms with Gasteiger partial charge in [0.15, 0.2) is 12.2 Å². The molecule has 134 valence electrons. The Morgan fingerprint density at radius 3 is 2.15 bits per heavy atom. The number of epoxide rings is 1. The molecule has 0 aliphatic carbocycles. The van der Waals surface area contributed by atoms with E-state index in [2.05, 4.69) is 10.6 Å². The first-order chi connectivity index (χ1) is 12.5. The second-order valence-corrected chi connectivity index (χ2v) is 5.92. The summed E-state index contributed by atoms with van der Waals surface area (Å²) in [6, 6.07) is 17.3. The zero-order valence-corrected chi connectivity index (χ0v) is 13.8. The third-order valence-corrected chi connectivity index (χ3v) is 3.95. The van der Waals surface area contributed by atoms with Gasteiger partial charge in [-0.15, -0.1) is 0 Å². The van der Waals surface area contributed by atoms with Crippen molar-refractivity contribution in [3.8, 4) is 0 Å². The summed E-state index contributed by atoms with van der Waals surface area (Å²) >= 11 is 0. The van der Waals surface area contributed by atoms with Crippen LogP contribution in [0.25, 0.3) is 0 Å². The van der Waals surface area contributed by atoms with Gasteiger partial charge in [-0.25, -0.2) is 4.79 Å². The predicted octanol–water partition coefficient (Wildman–Crippen LogP) is 1.20. The summed E-state index contributed by atoms with van der Waals surface area (Å²) in [5.41, 5.74) is 1.48. The molecule has 1 aliphatic rings. The van der Waals surface area contributed by atoms with Crippen molar-refractivity contribution >= 4 is 23.5 Å². The highest BCUT2D eigenvalue weighted by Crippen LogP contribution is 2.22. The van der Waals surface area contributed by atoms with Crippen molar-refractivity contribution in [1.29, 1.82) is 0 Å². The number of aliphatic carboxylic acids is 1. The number of ether oxygens (including phenoxy) is 1. The second-order valence-electron chi connectivity index (χ2n) is 5.92. The van der Waals surface area contributed by atoms with Gasteiger partial charge in [0.1, 0.15) is 6.04 Å². The SMILES string of the molecule is O=C(O)C1OC1C(=O)N[C@@H](Cc1ccccc1)C(=O)Nc1ccccc1. The van der Waals surface area contributed by atoms with Crippen LogP contribution in [0.4, 0.5) is 5.69 Å². The van der Waals surface area contributed by atoms with Gasteiger partial charge in [0, 0.05) is 12.1 Å². The predicted molar refractivity (Wildman–Crippen MR) is 93.4 cm³/mol. The maximum Gasteiger partial charge on any atom is 0.336 e. The van der Waals surface area contributed by atoms with E-state index < -0.39 is 30.1 Å². The van der Waals surface area contributed by atoms with Gasteiger partial charge in [-0.1, -0.05) is 48.5 Å². The first kappa shape index (κ1) is 17.6. The normalized spacial score (nSPS) is 19.2. The number of amides is 2. The Morgan fingerprint density at radius 1 is 0.962 bits per heavy atom. The zero-order valence-electron chi connectivity index (χ0n) is 13.8. The minimum atomic E-state index is -1.20. The number of hydrogen-bond acceptors (Lipinski definition) is 4. The fraction of sp³-hybridized carbons (Fsp3) is 0.211. The van der Waals surface area contributed by atoms with Gasteiger partial charge in [-0.3, -0.25) is 9.59 Å². The van der Waals surface area contributed by atoms with Crippen molar-refractivity contribution in [3.05, 3.63) is 66.2 Å². The number of carboxylic acid groups (broad SMARTS) is 1. The van der Waals surface area contributed by atoms with Crippen molar-refractivity contribution < 1.29 is 24.2 Å². The first-order valence-corrected chi connectivity index (χ1v) is 8.13. The third kappa shape index (κ3) is 4.46. The van der Waals surface area contributed by atoms with Crippen LogP contribution in [0.2, 0.25) is 0 Å². The standard InChI is InChI=1S/C19H18N2O5/c22-17(20-13-9-5-2-6-10-13)14(11-12-7-3-1-4-8-12)21-18(23)15-16(26-15)19(24)25/h1-10,14-16H,11H2,(H,20,22)(H,21,23)(H,24,25)/t14-,15?,16?/m0/s1. The molecular weight excluding hydrogens is 336 g/mol. The number of carbonyl (C=O) groups is 3. The molecule has 1 heterocycles. The first-order valence-electron chi connectivity index (χ1n) is 8.13. The fourth-order valence-corrected chi connectivity index (χ4v) is 2.56. The number of carboxylic acids is 1. The van der Waals surface area contributed by atoms with Gasteiger partial charge in [0.25, 0.3) is 5.91 Å². The molecule has 0 spiro atoms. The highest BCUT2D eigenvalue weighted by atomic mass is 16.6. The summed E-state index contributed by atoms with van der Waals surface area (Å²) in [4.78, 5) is 35.7. The molecule has 7 nitrogen and oxygen atoms in total. The highest BCUT2D eigenvalue weighted by molar-refractivity contribution is 5.99. The average molecular weight is 354 g/mol. The van der Waals surface area contributed by atoms with E-state index in [4.69, 9.17) is 9.84 Å². The number of anilines is 1. The zero-order chi connectivity index (χ0) is 18.5. The van der Waals surface area contributed by atoms with Crippen LogP contribution in [-0.2, 0) is 25.5 Å². The van der Waals surface area contributed by atoms with Crippen LogP contribution < -0.4 is 10.6 Å². The number of rotatable bonds is 7. The van der Waals surface area contributed by atoms with Crippen LogP contribution in [0.3, 0.4) is 0 Å². The Morgan fingerprint density at radius 2 is 1.58 bits per heavy atom. The molecule has 2 unspecified atom stereocenters. The lowest BCUT2D eigenvalue weighted by molar-refractivity contribution is -0.138. The van der Waals surface area contributed by atoms with Crippen LogP contribution in [0.1, 0.15) is 5.56 Å². The van der Waals surface area contributed by atoms with Gasteiger partial charge in [0.05, 0.1) is 0 Å². The Labute approximate surface area is 150 Å². The Kier molecular flexibility index (Phi) is 5.28. The molecule has 0 aromatic heterocycles. The molecule has 1 aliphatic heterocycles. The lowest BCUT2D eigenvalue weighted by atomic mass is 10.0. The summed E-state index contributed by atoms with van der Waals surface area (Å²) in [5, 5.41) is 14.2. The van der Waals surface area contributed by atoms with Crippen molar-refractivity contribution in [1.82, 2.24) is 5.32 Å². The van der Waals surface area contributed by atoms with E-state index in [-0.39, 0.29) is 12.3 Å². The molecule has 1 fully saturated rings. The molecule has 1 saturated heterocycles. The second kappa shape index (κ2) is 7.79. The number of carbonyl (C=O) groups excluding carboxylic acids is 2. The van der Waals surface area contributed by atoms with E-state index in [1.165, 1.54) is 0 Å². The van der Waals surface area contributed by atoms with Gasteiger partial charge < -0.3 is 20.5 Å². The number of nitrogens with one attached hydrogen (secondary N) is 2. The molecule has 3 atom stereocenters. The van der Waals surface area contributed by atoms with Crippen LogP contribution in [0.15, 0.2) is 60.7 Å². The van der Waals surface area contributed by atoms with Crippen LogP contribution >= 0.6 is 0 Å². The molecule has 2 amide bonds. The lowest BCUT2D eigenvalue weighted by Gasteiger charge is -2.18. The summed E-state index contributed by atoms with van der Waals surface area (Å²) in [6.45, 7) is 0. The number of hydrogen-bond donors (Lipinski definition) is 3. The quantitative estimate of drug-likeness (QED) is 0.648. The highest BCUT2D eigenvalue weighted by Gasteiger charge is 2.51. The van der Waals surface area contributed by atoms with E-state index in [0.717, 1.165) is 5.56 Å². The van der Waals surface area contributed by atoms with Crippen molar-refractivity contribution in [3.63, 3.8) is 0 Å². The fourth-order valence-electron chi connectivity index (χ4n) is 2.56. The summed E-state index contributed by atoms with van der Waals surface area (Å²) < 4.78 is 4.85. The maximum atomic E-state index is 12.6. The number of benzene rings is 2. The van der Waals surface area contributed by atoms with Gasteiger partial charge in [-0.2, -0.15) is 0 Å². The molecule has 0 saturated carbocycles. The van der Waals surface area contributed by atoms with Crippen LogP contribution in [0.5, 0.6) is 0 Å². The molecule has 26 heavy (non-hydrogen) atoms. The smallest absolute Gasteiger partial charge is 0.336 e. The monoisotopic (exact) mass is 354 g/mol. The number of para-hydroxylation sites is 1. The molecule has 2 aromatic rings. The van der Waals surface area contributed by atoms with E-state index in [0.29, 0.717) is 5.69 Å². The summed E-state index contributed by atoms with van der Waals surface area (Å²) in [7, 11) is 0. The van der Waals surface area contributed by atoms with Crippen molar-refractivity contribution in [2.24, 2.45) is 0 Å². The topological polar surface area (TPSA) is 108 Å². The minimum Gasteiger partial charge on any atom is -0.479 e. The van der Waals surface area contributed by atoms with Gasteiger partial charge in [0.2, 0.25) is 5.91 Å². The molecule has 2 aromatic carbocycles. The largest absolute Gasteiger partial charge is 0.479 e. The van der Waals surface area contributed by atoms with Crippen LogP contribution in [0, 0.1) is 0 Å². The summed E-state index contributed by atoms with van der Waals surface area (Å²) in [6.07, 6.45) is -1.93. The molecular formula is C19H18N2O5. The third-order valence-electron chi connectivity index (χ3n) is 3.95. The average Bonchev–Trinajstić information content (AvgIpc) is 3.44. The maximum absolute atomic E-state index is 12.6. The summed E-state index contributed by atoms with van der Waals surface area (Å²) in [5.74, 6) is -2.19. The molecule has 3 rings (SSSR count). The Hall–Kier alpha value is -3.19. The van der Waals surface area contributed by atoms with Gasteiger partial charge in [-0.05, 0) is 17.7 Å². The minimum absolute atomic E-state index is 0.274. The van der Waals surface area contributed by atoms with Gasteiger partial charge >= 0.3 is 5.97 Å². The molecule has 0 radical (unpaired) electrons. The van der Waals surface area contributed by atoms with Crippen LogP contribution in [-0.4, -0.2) is 41.1 Å². The van der Waals surface area contributed by atoms with E-state index in [9.17, 15) is 14.4 Å². The Bertz CT molecular complexity index is 794. The molecule has 3 N–H and O–H groups in total. The van der Waals surface area contributed by atoms with Crippen molar-refractivity contribution in [2.75, 3.05) is 5.32 Å². The molecule has 0 bridgehead atoms. The van der Waals surface area contributed by atoms with E-state index >= 15 is 0 Å². The lowest BCUT2D eigenvalue weighted by Crippen LogP contribution is -2.47. The van der Waals surface area contributed by atoms with Crippen molar-refractivity contribution in [2.45, 2.75) is 24.7 Å². The Balaban J connectivity index is 1.70. The molecule has 7 heteroatoms. The van der Waals surface area contributed by atoms with E-state index in [1.807, 2.05) is 36.4 Å².